The minimum absolute atomic E-state index is 0.834. The summed E-state index contributed by atoms with van der Waals surface area (Å²) in [5.74, 6) is 1.82. The van der Waals surface area contributed by atoms with Crippen LogP contribution in [0.5, 0.6) is 0 Å². The molecule has 0 aliphatic carbocycles. The van der Waals surface area contributed by atoms with E-state index in [-0.39, 0.29) is 0 Å². The zero-order valence-corrected chi connectivity index (χ0v) is 16.8. The molecule has 3 aromatic rings. The molecule has 28 heavy (non-hydrogen) atoms. The average Bonchev–Trinajstić information content (AvgIpc) is 3.07. The summed E-state index contributed by atoms with van der Waals surface area (Å²) in [7, 11) is 0. The fourth-order valence-electron chi connectivity index (χ4n) is 3.84. The van der Waals surface area contributed by atoms with Crippen molar-refractivity contribution in [3.8, 4) is 5.82 Å². The summed E-state index contributed by atoms with van der Waals surface area (Å²) in [6.07, 6.45) is 4.01. The van der Waals surface area contributed by atoms with Gasteiger partial charge in [0.1, 0.15) is 12.1 Å². The molecule has 0 bridgehead atoms. The smallest absolute Gasteiger partial charge is 0.159 e. The van der Waals surface area contributed by atoms with Crippen LogP contribution in [-0.4, -0.2) is 57.4 Å². The summed E-state index contributed by atoms with van der Waals surface area (Å²) >= 11 is 0. The number of benzene rings is 1. The Morgan fingerprint density at radius 1 is 0.893 bits per heavy atom. The molecule has 4 rings (SSSR count). The second kappa shape index (κ2) is 8.52. The molecule has 1 fully saturated rings. The molecule has 0 saturated carbocycles. The van der Waals surface area contributed by atoms with Crippen LogP contribution in [0, 0.1) is 13.8 Å². The van der Waals surface area contributed by atoms with Gasteiger partial charge < -0.3 is 4.90 Å². The van der Waals surface area contributed by atoms with E-state index in [0.717, 1.165) is 62.2 Å². The van der Waals surface area contributed by atoms with E-state index in [2.05, 4.69) is 68.2 Å². The average molecular weight is 377 g/mol. The summed E-state index contributed by atoms with van der Waals surface area (Å²) in [5.41, 5.74) is 3.52. The van der Waals surface area contributed by atoms with E-state index in [1.807, 2.05) is 17.7 Å². The van der Waals surface area contributed by atoms with Crippen molar-refractivity contribution in [2.24, 2.45) is 0 Å². The Bertz CT molecular complexity index is 896. The second-order valence-corrected chi connectivity index (χ2v) is 7.49. The van der Waals surface area contributed by atoms with E-state index >= 15 is 0 Å². The molecule has 0 atom stereocenters. The molecule has 0 amide bonds. The SMILES string of the molecule is Cc1cc(C)n(-c2cc(N3CCN(CCCc4ccccc4)CC3)ncn2)n1. The first-order valence-corrected chi connectivity index (χ1v) is 10.1. The van der Waals surface area contributed by atoms with Gasteiger partial charge in [0.15, 0.2) is 5.82 Å². The van der Waals surface area contributed by atoms with Gasteiger partial charge in [-0.3, -0.25) is 4.90 Å². The van der Waals surface area contributed by atoms with Crippen molar-refractivity contribution in [3.05, 3.63) is 65.7 Å². The van der Waals surface area contributed by atoms with E-state index in [1.54, 1.807) is 6.33 Å². The lowest BCUT2D eigenvalue weighted by Gasteiger charge is -2.35. The molecule has 0 spiro atoms. The maximum absolute atomic E-state index is 4.54. The minimum atomic E-state index is 0.834. The van der Waals surface area contributed by atoms with Crippen LogP contribution in [0.1, 0.15) is 23.4 Å². The molecule has 1 saturated heterocycles. The predicted molar refractivity (Wildman–Crippen MR) is 112 cm³/mol. The van der Waals surface area contributed by atoms with Crippen LogP contribution in [0.25, 0.3) is 5.82 Å². The fourth-order valence-corrected chi connectivity index (χ4v) is 3.84. The Morgan fingerprint density at radius 2 is 1.64 bits per heavy atom. The van der Waals surface area contributed by atoms with Crippen LogP contribution >= 0.6 is 0 Å². The van der Waals surface area contributed by atoms with Crippen LogP contribution in [0.3, 0.4) is 0 Å². The highest BCUT2D eigenvalue weighted by atomic mass is 15.3. The van der Waals surface area contributed by atoms with Crippen LogP contribution in [-0.2, 0) is 6.42 Å². The molecule has 2 aromatic heterocycles. The number of nitrogens with zero attached hydrogens (tertiary/aromatic N) is 6. The summed E-state index contributed by atoms with van der Waals surface area (Å²) < 4.78 is 1.89. The number of hydrogen-bond donors (Lipinski definition) is 0. The lowest BCUT2D eigenvalue weighted by molar-refractivity contribution is 0.254. The first-order valence-electron chi connectivity index (χ1n) is 10.1. The highest BCUT2D eigenvalue weighted by Crippen LogP contribution is 2.17. The first kappa shape index (κ1) is 18.6. The van der Waals surface area contributed by atoms with Crippen LogP contribution < -0.4 is 4.90 Å². The van der Waals surface area contributed by atoms with Gasteiger partial charge in [-0.1, -0.05) is 30.3 Å². The molecule has 3 heterocycles. The Morgan fingerprint density at radius 3 is 2.36 bits per heavy atom. The van der Waals surface area contributed by atoms with Crippen molar-refractivity contribution in [2.75, 3.05) is 37.6 Å². The molecular formula is C22H28N6. The van der Waals surface area contributed by atoms with Gasteiger partial charge in [-0.25, -0.2) is 14.6 Å². The van der Waals surface area contributed by atoms with Crippen LogP contribution in [0.15, 0.2) is 48.8 Å². The molecule has 6 heteroatoms. The number of hydrogen-bond acceptors (Lipinski definition) is 5. The summed E-state index contributed by atoms with van der Waals surface area (Å²) in [5, 5.41) is 4.54. The number of anilines is 1. The number of piperazine rings is 1. The Kier molecular flexibility index (Phi) is 5.67. The standard InChI is InChI=1S/C22H28N6/c1-18-15-19(2)28(25-18)22-16-21(23-17-24-22)27-13-11-26(12-14-27)10-6-9-20-7-4-3-5-8-20/h3-5,7-8,15-17H,6,9-14H2,1-2H3. The summed E-state index contributed by atoms with van der Waals surface area (Å²) in [4.78, 5) is 13.8. The lowest BCUT2D eigenvalue weighted by Crippen LogP contribution is -2.47. The third kappa shape index (κ3) is 4.39. The third-order valence-corrected chi connectivity index (χ3v) is 5.34. The van der Waals surface area contributed by atoms with Gasteiger partial charge in [-0.2, -0.15) is 5.10 Å². The third-order valence-electron chi connectivity index (χ3n) is 5.34. The van der Waals surface area contributed by atoms with Crippen molar-refractivity contribution >= 4 is 5.82 Å². The quantitative estimate of drug-likeness (QED) is 0.662. The van der Waals surface area contributed by atoms with Crippen molar-refractivity contribution in [1.29, 1.82) is 0 Å². The zero-order valence-electron chi connectivity index (χ0n) is 16.8. The van der Waals surface area contributed by atoms with E-state index < -0.39 is 0 Å². The van der Waals surface area contributed by atoms with Gasteiger partial charge in [0.05, 0.1) is 5.69 Å². The van der Waals surface area contributed by atoms with E-state index in [1.165, 1.54) is 12.0 Å². The highest BCUT2D eigenvalue weighted by molar-refractivity contribution is 5.44. The summed E-state index contributed by atoms with van der Waals surface area (Å²) in [6, 6.07) is 14.9. The molecule has 146 valence electrons. The monoisotopic (exact) mass is 376 g/mol. The van der Waals surface area contributed by atoms with Gasteiger partial charge in [-0.05, 0) is 44.9 Å². The fraction of sp³-hybridized carbons (Fsp3) is 0.409. The van der Waals surface area contributed by atoms with Gasteiger partial charge >= 0.3 is 0 Å². The van der Waals surface area contributed by atoms with Gasteiger partial charge in [0.2, 0.25) is 0 Å². The lowest BCUT2D eigenvalue weighted by atomic mass is 10.1. The zero-order chi connectivity index (χ0) is 19.3. The Balaban J connectivity index is 1.31. The largest absolute Gasteiger partial charge is 0.354 e. The maximum Gasteiger partial charge on any atom is 0.159 e. The topological polar surface area (TPSA) is 50.1 Å². The normalized spacial score (nSPS) is 15.1. The van der Waals surface area contributed by atoms with Gasteiger partial charge in [0, 0.05) is 37.9 Å². The van der Waals surface area contributed by atoms with Crippen LogP contribution in [0.4, 0.5) is 5.82 Å². The number of aryl methyl sites for hydroxylation is 3. The summed E-state index contributed by atoms with van der Waals surface area (Å²) in [6.45, 7) is 9.36. The highest BCUT2D eigenvalue weighted by Gasteiger charge is 2.18. The van der Waals surface area contributed by atoms with Crippen molar-refractivity contribution in [1.82, 2.24) is 24.6 Å². The molecule has 6 nitrogen and oxygen atoms in total. The molecule has 0 unspecified atom stereocenters. The van der Waals surface area contributed by atoms with Crippen molar-refractivity contribution in [3.63, 3.8) is 0 Å². The van der Waals surface area contributed by atoms with E-state index in [0.29, 0.717) is 0 Å². The Hall–Kier alpha value is -2.73. The maximum atomic E-state index is 4.54. The number of rotatable bonds is 6. The first-order chi connectivity index (χ1) is 13.7. The molecule has 1 aliphatic rings. The molecular weight excluding hydrogens is 348 g/mol. The van der Waals surface area contributed by atoms with Crippen LogP contribution in [0.2, 0.25) is 0 Å². The minimum Gasteiger partial charge on any atom is -0.354 e. The Labute approximate surface area is 166 Å². The predicted octanol–water partition coefficient (Wildman–Crippen LogP) is 3.03. The van der Waals surface area contributed by atoms with Crippen molar-refractivity contribution in [2.45, 2.75) is 26.7 Å². The van der Waals surface area contributed by atoms with Crippen molar-refractivity contribution < 1.29 is 0 Å². The molecule has 0 N–H and O–H groups in total. The van der Waals surface area contributed by atoms with Gasteiger partial charge in [0.25, 0.3) is 0 Å². The second-order valence-electron chi connectivity index (χ2n) is 7.49. The molecule has 1 aliphatic heterocycles. The van der Waals surface area contributed by atoms with Gasteiger partial charge in [-0.15, -0.1) is 0 Å². The molecule has 1 aromatic carbocycles. The van der Waals surface area contributed by atoms with E-state index in [4.69, 9.17) is 0 Å². The molecule has 0 radical (unpaired) electrons. The number of aromatic nitrogens is 4. The van der Waals surface area contributed by atoms with E-state index in [9.17, 15) is 0 Å².